The Hall–Kier alpha value is -2.71. The molecule has 0 spiro atoms. The van der Waals surface area contributed by atoms with Crippen LogP contribution in [0.15, 0.2) is 18.7 Å². The van der Waals surface area contributed by atoms with Crippen LogP contribution in [-0.4, -0.2) is 50.0 Å². The maximum Gasteiger partial charge on any atom is 0.241 e. The third kappa shape index (κ3) is 3.44. The SMILES string of the molecule is CNc1nc(NCC(=O)NC2CC2)nc(-n2ccnc2)n1. The van der Waals surface area contributed by atoms with Crippen LogP contribution in [0.25, 0.3) is 5.95 Å². The first-order valence-corrected chi connectivity index (χ1v) is 6.70. The zero-order valence-electron chi connectivity index (χ0n) is 11.6. The van der Waals surface area contributed by atoms with Crippen LogP contribution in [0.3, 0.4) is 0 Å². The first kappa shape index (κ1) is 13.3. The van der Waals surface area contributed by atoms with Gasteiger partial charge in [-0.15, -0.1) is 0 Å². The molecule has 2 aromatic rings. The van der Waals surface area contributed by atoms with Crippen LogP contribution in [0.5, 0.6) is 0 Å². The maximum atomic E-state index is 11.7. The van der Waals surface area contributed by atoms with Gasteiger partial charge in [-0.1, -0.05) is 0 Å². The van der Waals surface area contributed by atoms with E-state index >= 15 is 0 Å². The van der Waals surface area contributed by atoms with E-state index in [1.807, 2.05) is 0 Å². The second-order valence-corrected chi connectivity index (χ2v) is 4.70. The van der Waals surface area contributed by atoms with Crippen molar-refractivity contribution in [3.63, 3.8) is 0 Å². The van der Waals surface area contributed by atoms with E-state index < -0.39 is 0 Å². The Morgan fingerprint density at radius 2 is 2.14 bits per heavy atom. The molecule has 0 aromatic carbocycles. The summed E-state index contributed by atoms with van der Waals surface area (Å²) >= 11 is 0. The molecule has 0 saturated heterocycles. The maximum absolute atomic E-state index is 11.7. The molecular weight excluding hydrogens is 272 g/mol. The summed E-state index contributed by atoms with van der Waals surface area (Å²) in [5, 5.41) is 8.66. The Labute approximate surface area is 121 Å². The summed E-state index contributed by atoms with van der Waals surface area (Å²) in [6.45, 7) is 0.132. The van der Waals surface area contributed by atoms with Gasteiger partial charge in [0.25, 0.3) is 0 Å². The number of amides is 1. The highest BCUT2D eigenvalue weighted by Crippen LogP contribution is 2.18. The lowest BCUT2D eigenvalue weighted by Gasteiger charge is -2.09. The number of carbonyl (C=O) groups is 1. The fourth-order valence-corrected chi connectivity index (χ4v) is 1.71. The molecule has 1 amide bonds. The Balaban J connectivity index is 1.71. The molecular formula is C12H16N8O. The van der Waals surface area contributed by atoms with Crippen LogP contribution in [0.1, 0.15) is 12.8 Å². The van der Waals surface area contributed by atoms with Crippen molar-refractivity contribution in [1.29, 1.82) is 0 Å². The van der Waals surface area contributed by atoms with Gasteiger partial charge in [0.05, 0.1) is 6.54 Å². The summed E-state index contributed by atoms with van der Waals surface area (Å²) in [4.78, 5) is 28.3. The molecule has 9 heteroatoms. The summed E-state index contributed by atoms with van der Waals surface area (Å²) in [6, 6.07) is 0.340. The minimum Gasteiger partial charge on any atom is -0.357 e. The smallest absolute Gasteiger partial charge is 0.241 e. The molecule has 0 radical (unpaired) electrons. The van der Waals surface area contributed by atoms with Crippen LogP contribution in [0.4, 0.5) is 11.9 Å². The van der Waals surface area contributed by atoms with Crippen molar-refractivity contribution >= 4 is 17.8 Å². The van der Waals surface area contributed by atoms with Crippen molar-refractivity contribution in [2.75, 3.05) is 24.2 Å². The van der Waals surface area contributed by atoms with Gasteiger partial charge in [-0.2, -0.15) is 15.0 Å². The van der Waals surface area contributed by atoms with E-state index in [2.05, 4.69) is 35.9 Å². The first-order valence-electron chi connectivity index (χ1n) is 6.70. The lowest BCUT2D eigenvalue weighted by Crippen LogP contribution is -2.31. The lowest BCUT2D eigenvalue weighted by atomic mass is 10.5. The Morgan fingerprint density at radius 3 is 2.81 bits per heavy atom. The fraction of sp³-hybridized carbons (Fsp3) is 0.417. The minimum absolute atomic E-state index is 0.0619. The van der Waals surface area contributed by atoms with E-state index in [0.717, 1.165) is 12.8 Å². The number of nitrogens with one attached hydrogen (secondary N) is 3. The van der Waals surface area contributed by atoms with Crippen LogP contribution in [0.2, 0.25) is 0 Å². The number of aromatic nitrogens is 5. The number of nitrogens with zero attached hydrogens (tertiary/aromatic N) is 5. The first-order chi connectivity index (χ1) is 10.2. The molecule has 0 bridgehead atoms. The molecule has 1 aliphatic carbocycles. The van der Waals surface area contributed by atoms with Crippen molar-refractivity contribution in [3.8, 4) is 5.95 Å². The molecule has 1 aliphatic rings. The quantitative estimate of drug-likeness (QED) is 0.674. The second kappa shape index (κ2) is 5.73. The number of hydrogen-bond donors (Lipinski definition) is 3. The third-order valence-corrected chi connectivity index (χ3v) is 2.93. The van der Waals surface area contributed by atoms with Gasteiger partial charge in [-0.3, -0.25) is 9.36 Å². The Morgan fingerprint density at radius 1 is 1.33 bits per heavy atom. The molecule has 2 heterocycles. The third-order valence-electron chi connectivity index (χ3n) is 2.93. The van der Waals surface area contributed by atoms with E-state index in [0.29, 0.717) is 23.9 Å². The summed E-state index contributed by atoms with van der Waals surface area (Å²) < 4.78 is 1.66. The number of rotatable bonds is 6. The lowest BCUT2D eigenvalue weighted by molar-refractivity contribution is -0.119. The molecule has 1 saturated carbocycles. The van der Waals surface area contributed by atoms with Gasteiger partial charge in [0.1, 0.15) is 6.33 Å². The molecule has 21 heavy (non-hydrogen) atoms. The number of anilines is 2. The largest absolute Gasteiger partial charge is 0.357 e. The number of carbonyl (C=O) groups excluding carboxylic acids is 1. The van der Waals surface area contributed by atoms with Crippen molar-refractivity contribution < 1.29 is 4.79 Å². The predicted molar refractivity (Wildman–Crippen MR) is 76.2 cm³/mol. The molecule has 2 aromatic heterocycles. The van der Waals surface area contributed by atoms with Crippen LogP contribution in [0, 0.1) is 0 Å². The van der Waals surface area contributed by atoms with Gasteiger partial charge in [0.2, 0.25) is 23.8 Å². The van der Waals surface area contributed by atoms with Gasteiger partial charge < -0.3 is 16.0 Å². The zero-order chi connectivity index (χ0) is 14.7. The summed E-state index contributed by atoms with van der Waals surface area (Å²) in [5.41, 5.74) is 0. The monoisotopic (exact) mass is 288 g/mol. The number of hydrogen-bond acceptors (Lipinski definition) is 7. The standard InChI is InChI=1S/C12H16N8O/c1-13-10-17-11(15-6-9(21)16-8-2-3-8)19-12(18-10)20-5-4-14-7-20/h4-5,7-8H,2-3,6H2,1H3,(H,16,21)(H2,13,15,17,18,19). The average Bonchev–Trinajstić information content (AvgIpc) is 3.14. The van der Waals surface area contributed by atoms with Crippen LogP contribution >= 0.6 is 0 Å². The van der Waals surface area contributed by atoms with E-state index in [4.69, 9.17) is 0 Å². The van der Waals surface area contributed by atoms with E-state index in [1.54, 1.807) is 30.3 Å². The topological polar surface area (TPSA) is 110 Å². The van der Waals surface area contributed by atoms with E-state index in [9.17, 15) is 4.79 Å². The van der Waals surface area contributed by atoms with Gasteiger partial charge in [0.15, 0.2) is 0 Å². The number of imidazole rings is 1. The summed E-state index contributed by atoms with van der Waals surface area (Å²) in [5.74, 6) is 1.12. The van der Waals surface area contributed by atoms with Crippen LogP contribution < -0.4 is 16.0 Å². The molecule has 9 nitrogen and oxygen atoms in total. The molecule has 0 unspecified atom stereocenters. The van der Waals surface area contributed by atoms with Crippen molar-refractivity contribution in [2.45, 2.75) is 18.9 Å². The van der Waals surface area contributed by atoms with E-state index in [-0.39, 0.29) is 12.5 Å². The normalized spacial score (nSPS) is 13.8. The Kier molecular flexibility index (Phi) is 3.63. The second-order valence-electron chi connectivity index (χ2n) is 4.70. The minimum atomic E-state index is -0.0619. The average molecular weight is 288 g/mol. The molecule has 3 rings (SSSR count). The molecule has 110 valence electrons. The predicted octanol–water partition coefficient (Wildman–Crippen LogP) is -0.211. The molecule has 0 aliphatic heterocycles. The summed E-state index contributed by atoms with van der Waals surface area (Å²) in [6.07, 6.45) is 7.09. The van der Waals surface area contributed by atoms with Crippen molar-refractivity contribution in [3.05, 3.63) is 18.7 Å². The molecule has 1 fully saturated rings. The summed E-state index contributed by atoms with van der Waals surface area (Å²) in [7, 11) is 1.72. The van der Waals surface area contributed by atoms with Gasteiger partial charge in [-0.05, 0) is 12.8 Å². The van der Waals surface area contributed by atoms with Gasteiger partial charge >= 0.3 is 0 Å². The van der Waals surface area contributed by atoms with Crippen LogP contribution in [-0.2, 0) is 4.79 Å². The molecule has 3 N–H and O–H groups in total. The Bertz CT molecular complexity index is 622. The fourth-order valence-electron chi connectivity index (χ4n) is 1.71. The van der Waals surface area contributed by atoms with E-state index in [1.165, 1.54) is 0 Å². The molecule has 0 atom stereocenters. The van der Waals surface area contributed by atoms with Crippen molar-refractivity contribution in [2.24, 2.45) is 0 Å². The zero-order valence-corrected chi connectivity index (χ0v) is 11.6. The van der Waals surface area contributed by atoms with Crippen molar-refractivity contribution in [1.82, 2.24) is 29.8 Å². The highest BCUT2D eigenvalue weighted by Gasteiger charge is 2.23. The highest BCUT2D eigenvalue weighted by atomic mass is 16.2. The van der Waals surface area contributed by atoms with Gasteiger partial charge in [-0.25, -0.2) is 4.98 Å². The highest BCUT2D eigenvalue weighted by molar-refractivity contribution is 5.80. The van der Waals surface area contributed by atoms with Gasteiger partial charge in [0, 0.05) is 25.5 Å².